The van der Waals surface area contributed by atoms with Gasteiger partial charge >= 0.3 is 0 Å². The number of hydrogen-bond donors (Lipinski definition) is 0. The van der Waals surface area contributed by atoms with Gasteiger partial charge in [-0.25, -0.2) is 12.8 Å². The van der Waals surface area contributed by atoms with E-state index in [1.807, 2.05) is 0 Å². The molecule has 1 atom stereocenters. The molecule has 0 spiro atoms. The molecule has 1 aliphatic rings. The van der Waals surface area contributed by atoms with E-state index < -0.39 is 32.6 Å². The van der Waals surface area contributed by atoms with Crippen LogP contribution in [0.3, 0.4) is 0 Å². The monoisotopic (exact) mass is 497 g/mol. The summed E-state index contributed by atoms with van der Waals surface area (Å²) in [6, 6.07) is 16.2. The van der Waals surface area contributed by atoms with Gasteiger partial charge in [0.15, 0.2) is 28.0 Å². The van der Waals surface area contributed by atoms with Crippen LogP contribution in [-0.4, -0.2) is 46.6 Å². The zero-order valence-electron chi connectivity index (χ0n) is 19.2. The van der Waals surface area contributed by atoms with Crippen molar-refractivity contribution in [1.29, 1.82) is 0 Å². The molecular weight excluding hydrogens is 473 g/mol. The zero-order chi connectivity index (χ0) is 25.2. The van der Waals surface area contributed by atoms with Crippen LogP contribution in [0.4, 0.5) is 10.1 Å². The van der Waals surface area contributed by atoms with Crippen LogP contribution >= 0.6 is 0 Å². The number of amides is 1. The SMILES string of the molecule is COc1ccc(OC2CCCN(c3ccc(-c4ccccc4)c(S(C)(=O)=O)c3F)C2=O)c(C=O)c1. The van der Waals surface area contributed by atoms with Crippen molar-refractivity contribution in [1.82, 2.24) is 0 Å². The fourth-order valence-electron chi connectivity index (χ4n) is 4.16. The number of halogens is 1. The first-order valence-corrected chi connectivity index (χ1v) is 12.8. The molecule has 1 heterocycles. The van der Waals surface area contributed by atoms with Gasteiger partial charge in [0.25, 0.3) is 5.91 Å². The van der Waals surface area contributed by atoms with Crippen LogP contribution in [0.25, 0.3) is 11.1 Å². The summed E-state index contributed by atoms with van der Waals surface area (Å²) in [5, 5.41) is 0. The van der Waals surface area contributed by atoms with Crippen molar-refractivity contribution >= 4 is 27.7 Å². The van der Waals surface area contributed by atoms with Crippen molar-refractivity contribution < 1.29 is 31.9 Å². The summed E-state index contributed by atoms with van der Waals surface area (Å²) < 4.78 is 51.9. The molecule has 0 radical (unpaired) electrons. The number of piperidine rings is 1. The van der Waals surface area contributed by atoms with Crippen LogP contribution in [-0.2, 0) is 14.6 Å². The normalized spacial score (nSPS) is 16.1. The van der Waals surface area contributed by atoms with Crippen LogP contribution < -0.4 is 14.4 Å². The number of methoxy groups -OCH3 is 1. The molecule has 0 aromatic heterocycles. The van der Waals surface area contributed by atoms with Gasteiger partial charge in [0.1, 0.15) is 16.4 Å². The number of benzene rings is 3. The highest BCUT2D eigenvalue weighted by atomic mass is 32.2. The number of carbonyl (C=O) groups excluding carboxylic acids is 2. The van der Waals surface area contributed by atoms with E-state index in [0.717, 1.165) is 6.26 Å². The van der Waals surface area contributed by atoms with Crippen molar-refractivity contribution in [2.45, 2.75) is 23.8 Å². The third-order valence-electron chi connectivity index (χ3n) is 5.83. The molecule has 1 saturated heterocycles. The summed E-state index contributed by atoms with van der Waals surface area (Å²) >= 11 is 0. The average molecular weight is 498 g/mol. The maximum Gasteiger partial charge on any atom is 0.268 e. The Morgan fingerprint density at radius 1 is 1.09 bits per heavy atom. The molecule has 1 amide bonds. The first-order valence-electron chi connectivity index (χ1n) is 10.9. The molecule has 4 rings (SSSR count). The molecule has 1 fully saturated rings. The number of aldehydes is 1. The molecule has 182 valence electrons. The second-order valence-electron chi connectivity index (χ2n) is 8.17. The molecule has 7 nitrogen and oxygen atoms in total. The Hall–Kier alpha value is -3.72. The summed E-state index contributed by atoms with van der Waals surface area (Å²) in [6.45, 7) is 0.201. The highest BCUT2D eigenvalue weighted by molar-refractivity contribution is 7.90. The predicted octanol–water partition coefficient (Wildman–Crippen LogP) is 4.29. The summed E-state index contributed by atoms with van der Waals surface area (Å²) in [5.74, 6) is -0.835. The highest BCUT2D eigenvalue weighted by Gasteiger charge is 2.35. The molecule has 0 bridgehead atoms. The Bertz CT molecular complexity index is 1370. The molecule has 3 aromatic rings. The molecule has 35 heavy (non-hydrogen) atoms. The molecule has 0 aliphatic carbocycles. The van der Waals surface area contributed by atoms with E-state index in [1.54, 1.807) is 36.4 Å². The second-order valence-corrected chi connectivity index (χ2v) is 10.1. The first-order chi connectivity index (χ1) is 16.7. The number of carbonyl (C=O) groups is 2. The van der Waals surface area contributed by atoms with Gasteiger partial charge in [-0.05, 0) is 42.7 Å². The minimum Gasteiger partial charge on any atom is -0.497 e. The van der Waals surface area contributed by atoms with Gasteiger partial charge in [0, 0.05) is 18.4 Å². The molecule has 9 heteroatoms. The van der Waals surface area contributed by atoms with Crippen LogP contribution in [0.5, 0.6) is 11.5 Å². The van der Waals surface area contributed by atoms with E-state index in [0.29, 0.717) is 30.4 Å². The highest BCUT2D eigenvalue weighted by Crippen LogP contribution is 2.36. The Morgan fingerprint density at radius 3 is 2.49 bits per heavy atom. The van der Waals surface area contributed by atoms with E-state index in [9.17, 15) is 18.0 Å². The van der Waals surface area contributed by atoms with Gasteiger partial charge in [0.05, 0.1) is 18.4 Å². The molecular formula is C26H24FNO6S. The van der Waals surface area contributed by atoms with Gasteiger partial charge < -0.3 is 14.4 Å². The standard InChI is InChI=1S/C26H24FNO6S/c1-33-19-10-13-22(18(15-19)16-29)34-23-9-6-14-28(26(23)30)21-12-11-20(17-7-4-3-5-8-17)25(24(21)27)35(2,31)32/h3-5,7-8,10-13,15-16,23H,6,9,14H2,1-2H3. The maximum atomic E-state index is 15.8. The smallest absolute Gasteiger partial charge is 0.268 e. The molecule has 0 saturated carbocycles. The Labute approximate surface area is 203 Å². The minimum atomic E-state index is -3.96. The summed E-state index contributed by atoms with van der Waals surface area (Å²) in [7, 11) is -2.50. The number of anilines is 1. The zero-order valence-corrected chi connectivity index (χ0v) is 20.0. The third-order valence-corrected chi connectivity index (χ3v) is 6.97. The average Bonchev–Trinajstić information content (AvgIpc) is 2.85. The van der Waals surface area contributed by atoms with Crippen LogP contribution in [0.15, 0.2) is 65.6 Å². The van der Waals surface area contributed by atoms with E-state index in [-0.39, 0.29) is 29.1 Å². The Balaban J connectivity index is 1.70. The van der Waals surface area contributed by atoms with Crippen molar-refractivity contribution in [2.24, 2.45) is 0 Å². The summed E-state index contributed by atoms with van der Waals surface area (Å²) in [4.78, 5) is 25.5. The predicted molar refractivity (Wildman–Crippen MR) is 129 cm³/mol. The summed E-state index contributed by atoms with van der Waals surface area (Å²) in [6.07, 6.45) is 1.43. The van der Waals surface area contributed by atoms with Gasteiger partial charge in [-0.2, -0.15) is 0 Å². The topological polar surface area (TPSA) is 90.0 Å². The van der Waals surface area contributed by atoms with Gasteiger partial charge in [-0.15, -0.1) is 0 Å². The first kappa shape index (κ1) is 24.4. The molecule has 1 unspecified atom stereocenters. The van der Waals surface area contributed by atoms with E-state index >= 15 is 4.39 Å². The van der Waals surface area contributed by atoms with E-state index in [4.69, 9.17) is 9.47 Å². The number of rotatable bonds is 7. The lowest BCUT2D eigenvalue weighted by Crippen LogP contribution is -2.47. The van der Waals surface area contributed by atoms with Gasteiger partial charge in [-0.1, -0.05) is 36.4 Å². The van der Waals surface area contributed by atoms with Crippen LogP contribution in [0.2, 0.25) is 0 Å². The van der Waals surface area contributed by atoms with E-state index in [2.05, 4.69) is 0 Å². The van der Waals surface area contributed by atoms with Crippen molar-refractivity contribution in [2.75, 3.05) is 24.8 Å². The van der Waals surface area contributed by atoms with Crippen molar-refractivity contribution in [3.8, 4) is 22.6 Å². The fraction of sp³-hybridized carbons (Fsp3) is 0.231. The number of sulfone groups is 1. The largest absolute Gasteiger partial charge is 0.497 e. The van der Waals surface area contributed by atoms with E-state index in [1.165, 1.54) is 36.3 Å². The lowest BCUT2D eigenvalue weighted by atomic mass is 10.0. The van der Waals surface area contributed by atoms with Crippen molar-refractivity contribution in [3.63, 3.8) is 0 Å². The van der Waals surface area contributed by atoms with Gasteiger partial charge in [-0.3, -0.25) is 9.59 Å². The third kappa shape index (κ3) is 4.90. The molecule has 0 N–H and O–H groups in total. The van der Waals surface area contributed by atoms with Crippen LogP contribution in [0, 0.1) is 5.82 Å². The number of ether oxygens (including phenoxy) is 2. The fourth-order valence-corrected chi connectivity index (χ4v) is 5.17. The van der Waals surface area contributed by atoms with Crippen molar-refractivity contribution in [3.05, 3.63) is 72.0 Å². The molecule has 1 aliphatic heterocycles. The molecule has 3 aromatic carbocycles. The maximum absolute atomic E-state index is 15.8. The summed E-state index contributed by atoms with van der Waals surface area (Å²) in [5.41, 5.74) is 0.853. The number of hydrogen-bond acceptors (Lipinski definition) is 6. The lowest BCUT2D eigenvalue weighted by Gasteiger charge is -2.33. The lowest BCUT2D eigenvalue weighted by molar-refractivity contribution is -0.127. The Kier molecular flexibility index (Phi) is 6.88. The second kappa shape index (κ2) is 9.87. The Morgan fingerprint density at radius 2 is 1.83 bits per heavy atom. The quantitative estimate of drug-likeness (QED) is 0.453. The number of nitrogens with zero attached hydrogens (tertiary/aromatic N) is 1. The minimum absolute atomic E-state index is 0.131. The van der Waals surface area contributed by atoms with Gasteiger partial charge in [0.2, 0.25) is 0 Å². The van der Waals surface area contributed by atoms with Crippen LogP contribution in [0.1, 0.15) is 23.2 Å².